The molecule has 36 heavy (non-hydrogen) atoms. The smallest absolute Gasteiger partial charge is 0.416 e. The molecule has 0 bridgehead atoms. The fourth-order valence-corrected chi connectivity index (χ4v) is 3.66. The molecule has 3 N–H and O–H groups in total. The second-order valence-corrected chi connectivity index (χ2v) is 8.28. The Morgan fingerprint density at radius 1 is 0.972 bits per heavy atom. The third-order valence-corrected chi connectivity index (χ3v) is 5.71. The monoisotopic (exact) mass is 524 g/mol. The number of nitrogens with one attached hydrogen (secondary N) is 2. The number of amides is 2. The number of benzene rings is 2. The molecule has 2 aromatic carbocycles. The molecule has 0 radical (unpaired) electrons. The molecule has 0 aromatic heterocycles. The Balaban J connectivity index is 1.54. The number of hydrogen-bond donors (Lipinski definition) is 3. The summed E-state index contributed by atoms with van der Waals surface area (Å²) < 4.78 is 43.4. The van der Waals surface area contributed by atoms with Crippen molar-refractivity contribution in [3.8, 4) is 0 Å². The molecule has 0 saturated heterocycles. The van der Waals surface area contributed by atoms with Crippen molar-refractivity contribution in [2.24, 2.45) is 11.8 Å². The van der Waals surface area contributed by atoms with Crippen LogP contribution in [0.15, 0.2) is 54.6 Å². The Labute approximate surface area is 208 Å². The summed E-state index contributed by atoms with van der Waals surface area (Å²) in [6, 6.07) is 7.89. The molecule has 0 aliphatic heterocycles. The van der Waals surface area contributed by atoms with Gasteiger partial charge in [-0.15, -0.1) is 0 Å². The van der Waals surface area contributed by atoms with E-state index < -0.39 is 53.9 Å². The Bertz CT molecular complexity index is 1200. The molecule has 2 atom stereocenters. The van der Waals surface area contributed by atoms with Crippen LogP contribution in [0.25, 0.3) is 0 Å². The number of carbonyl (C=O) groups is 4. The molecule has 190 valence electrons. The van der Waals surface area contributed by atoms with E-state index in [0.717, 1.165) is 12.1 Å². The van der Waals surface area contributed by atoms with Gasteiger partial charge in [0.15, 0.2) is 6.61 Å². The van der Waals surface area contributed by atoms with Gasteiger partial charge < -0.3 is 20.5 Å². The minimum absolute atomic E-state index is 0.0434. The molecule has 1 aliphatic rings. The zero-order valence-electron chi connectivity index (χ0n) is 18.5. The Morgan fingerprint density at radius 2 is 1.61 bits per heavy atom. The number of alkyl halides is 3. The average molecular weight is 525 g/mol. The number of allylic oxidation sites excluding steroid dienone is 2. The van der Waals surface area contributed by atoms with Gasteiger partial charge in [0.25, 0.3) is 5.91 Å². The maximum atomic E-state index is 12.8. The summed E-state index contributed by atoms with van der Waals surface area (Å²) >= 11 is 5.82. The van der Waals surface area contributed by atoms with Gasteiger partial charge in [0.2, 0.25) is 5.91 Å². The Kier molecular flexibility index (Phi) is 8.36. The van der Waals surface area contributed by atoms with Gasteiger partial charge >= 0.3 is 18.1 Å². The van der Waals surface area contributed by atoms with Crippen LogP contribution in [0.2, 0.25) is 5.02 Å². The highest BCUT2D eigenvalue weighted by molar-refractivity contribution is 6.33. The maximum absolute atomic E-state index is 12.8. The van der Waals surface area contributed by atoms with Crippen molar-refractivity contribution in [1.29, 1.82) is 0 Å². The zero-order chi connectivity index (χ0) is 26.5. The van der Waals surface area contributed by atoms with Crippen LogP contribution in [0.3, 0.4) is 0 Å². The van der Waals surface area contributed by atoms with Crippen LogP contribution in [-0.2, 0) is 25.3 Å². The third kappa shape index (κ3) is 6.85. The lowest BCUT2D eigenvalue weighted by Crippen LogP contribution is -2.34. The summed E-state index contributed by atoms with van der Waals surface area (Å²) in [5.74, 6) is -4.88. The number of ether oxygens (including phenoxy) is 1. The van der Waals surface area contributed by atoms with Crippen LogP contribution in [-0.4, -0.2) is 35.5 Å². The summed E-state index contributed by atoms with van der Waals surface area (Å²) in [6.07, 6.45) is -0.613. The first kappa shape index (κ1) is 26.7. The first-order chi connectivity index (χ1) is 17.0. The lowest BCUT2D eigenvalue weighted by Gasteiger charge is -2.24. The first-order valence-electron chi connectivity index (χ1n) is 10.6. The lowest BCUT2D eigenvalue weighted by atomic mass is 9.82. The van der Waals surface area contributed by atoms with Crippen molar-refractivity contribution < 1.29 is 42.2 Å². The molecule has 0 spiro atoms. The van der Waals surface area contributed by atoms with E-state index in [9.17, 15) is 37.5 Å². The van der Waals surface area contributed by atoms with Gasteiger partial charge in [0.05, 0.1) is 33.7 Å². The van der Waals surface area contributed by atoms with Crippen molar-refractivity contribution in [2.45, 2.75) is 19.0 Å². The van der Waals surface area contributed by atoms with E-state index in [1.165, 1.54) is 24.3 Å². The molecule has 1 aliphatic carbocycles. The van der Waals surface area contributed by atoms with Gasteiger partial charge in [-0.2, -0.15) is 13.2 Å². The van der Waals surface area contributed by atoms with Gasteiger partial charge in [-0.05, 0) is 55.3 Å². The molecule has 3 rings (SSSR count). The van der Waals surface area contributed by atoms with Crippen LogP contribution < -0.4 is 10.6 Å². The molecule has 8 nitrogen and oxygen atoms in total. The Morgan fingerprint density at radius 3 is 2.22 bits per heavy atom. The highest BCUT2D eigenvalue weighted by Gasteiger charge is 2.34. The summed E-state index contributed by atoms with van der Waals surface area (Å²) in [5, 5.41) is 14.0. The molecular weight excluding hydrogens is 505 g/mol. The van der Waals surface area contributed by atoms with E-state index in [4.69, 9.17) is 16.3 Å². The summed E-state index contributed by atoms with van der Waals surface area (Å²) in [6.45, 7) is -0.782. The molecule has 2 amide bonds. The first-order valence-corrected chi connectivity index (χ1v) is 11.0. The lowest BCUT2D eigenvalue weighted by molar-refractivity contribution is -0.146. The molecule has 0 unspecified atom stereocenters. The summed E-state index contributed by atoms with van der Waals surface area (Å²) in [4.78, 5) is 48.1. The standard InChI is InChI=1S/C24H20ClF3N2O6/c25-18-10-7-14(24(26,27)28)11-19(18)30-20(31)12-36-23(35)13-5-8-15(9-6-13)29-21(32)16-3-1-2-4-17(16)22(33)34/h1-2,5-11,16-17H,3-4,12H2,(H,29,32)(H,30,31)(H,33,34)/t16-,17+/m0/s1. The molecular formula is C24H20ClF3N2O6. The van der Waals surface area contributed by atoms with Crippen molar-refractivity contribution in [3.63, 3.8) is 0 Å². The van der Waals surface area contributed by atoms with E-state index in [1.807, 2.05) is 0 Å². The minimum Gasteiger partial charge on any atom is -0.481 e. The van der Waals surface area contributed by atoms with Gasteiger partial charge in [0, 0.05) is 5.69 Å². The molecule has 0 saturated carbocycles. The van der Waals surface area contributed by atoms with Crippen LogP contribution in [0.4, 0.5) is 24.5 Å². The van der Waals surface area contributed by atoms with Crippen molar-refractivity contribution >= 4 is 46.7 Å². The Hall–Kier alpha value is -3.86. The summed E-state index contributed by atoms with van der Waals surface area (Å²) in [7, 11) is 0. The number of anilines is 2. The predicted molar refractivity (Wildman–Crippen MR) is 123 cm³/mol. The average Bonchev–Trinajstić information content (AvgIpc) is 2.83. The number of carboxylic acid groups (broad SMARTS) is 1. The van der Waals surface area contributed by atoms with Crippen molar-refractivity contribution in [1.82, 2.24) is 0 Å². The predicted octanol–water partition coefficient (Wildman–Crippen LogP) is 4.76. The third-order valence-electron chi connectivity index (χ3n) is 5.38. The number of esters is 1. The molecule has 0 heterocycles. The van der Waals surface area contributed by atoms with E-state index in [0.29, 0.717) is 18.2 Å². The van der Waals surface area contributed by atoms with E-state index in [-0.39, 0.29) is 22.7 Å². The van der Waals surface area contributed by atoms with Crippen molar-refractivity contribution in [2.75, 3.05) is 17.2 Å². The fourth-order valence-electron chi connectivity index (χ4n) is 3.50. The highest BCUT2D eigenvalue weighted by atomic mass is 35.5. The molecule has 2 aromatic rings. The number of rotatable bonds is 7. The van der Waals surface area contributed by atoms with Crippen LogP contribution >= 0.6 is 11.6 Å². The maximum Gasteiger partial charge on any atom is 0.416 e. The zero-order valence-corrected chi connectivity index (χ0v) is 19.2. The number of carboxylic acids is 1. The van der Waals surface area contributed by atoms with Crippen LogP contribution in [0, 0.1) is 11.8 Å². The fraction of sp³-hybridized carbons (Fsp3) is 0.250. The number of halogens is 4. The normalized spacial score (nSPS) is 17.2. The van der Waals surface area contributed by atoms with Gasteiger partial charge in [-0.3, -0.25) is 14.4 Å². The van der Waals surface area contributed by atoms with Crippen LogP contribution in [0.5, 0.6) is 0 Å². The topological polar surface area (TPSA) is 122 Å². The van der Waals surface area contributed by atoms with Crippen LogP contribution in [0.1, 0.15) is 28.8 Å². The minimum atomic E-state index is -4.63. The quantitative estimate of drug-likeness (QED) is 0.355. The van der Waals surface area contributed by atoms with Crippen molar-refractivity contribution in [3.05, 3.63) is 70.8 Å². The second kappa shape index (κ2) is 11.3. The largest absolute Gasteiger partial charge is 0.481 e. The van der Waals surface area contributed by atoms with Gasteiger partial charge in [-0.25, -0.2) is 4.79 Å². The number of carbonyl (C=O) groups excluding carboxylic acids is 3. The highest BCUT2D eigenvalue weighted by Crippen LogP contribution is 2.34. The number of aliphatic carboxylic acids is 1. The van der Waals surface area contributed by atoms with E-state index >= 15 is 0 Å². The molecule has 0 fully saturated rings. The molecule has 12 heteroatoms. The van der Waals surface area contributed by atoms with Gasteiger partial charge in [-0.1, -0.05) is 23.8 Å². The second-order valence-electron chi connectivity index (χ2n) is 7.88. The van der Waals surface area contributed by atoms with E-state index in [1.54, 1.807) is 12.2 Å². The SMILES string of the molecule is O=C(COC(=O)c1ccc(NC(=O)[C@H]2CC=CC[C@H]2C(=O)O)cc1)Nc1cc(C(F)(F)F)ccc1Cl. The number of hydrogen-bond acceptors (Lipinski definition) is 5. The van der Waals surface area contributed by atoms with E-state index in [2.05, 4.69) is 10.6 Å². The van der Waals surface area contributed by atoms with Gasteiger partial charge in [0.1, 0.15) is 0 Å². The summed E-state index contributed by atoms with van der Waals surface area (Å²) in [5.41, 5.74) is -0.926.